The van der Waals surface area contributed by atoms with Crippen molar-refractivity contribution in [3.63, 3.8) is 0 Å². The second kappa shape index (κ2) is 10.1. The van der Waals surface area contributed by atoms with E-state index in [1.807, 2.05) is 37.3 Å². The molecule has 2 N–H and O–H groups in total. The number of likely N-dealkylation sites (tertiary alicyclic amines) is 1. The molecule has 2 aromatic carbocycles. The molecule has 2 amide bonds. The number of rotatable bonds is 9. The first-order chi connectivity index (χ1) is 18.6. The van der Waals surface area contributed by atoms with Crippen molar-refractivity contribution in [1.29, 1.82) is 0 Å². The Bertz CT molecular complexity index is 1300. The van der Waals surface area contributed by atoms with E-state index in [4.69, 9.17) is 16.3 Å². The molecule has 7 atom stereocenters. The number of carbonyl (C=O) groups is 3. The summed E-state index contributed by atoms with van der Waals surface area (Å²) < 4.78 is 6.60. The number of hydrogen-bond donors (Lipinski definition) is 2. The highest BCUT2D eigenvalue weighted by molar-refractivity contribution is 6.34. The molecule has 2 bridgehead atoms. The van der Waals surface area contributed by atoms with Gasteiger partial charge in [0.2, 0.25) is 5.91 Å². The number of carbonyl (C=O) groups excluding carboxylic acids is 2. The minimum atomic E-state index is -1.36. The Labute approximate surface area is 232 Å². The second-order valence-electron chi connectivity index (χ2n) is 11.0. The number of benzene rings is 2. The number of anilines is 1. The predicted molar refractivity (Wildman–Crippen MR) is 146 cm³/mol. The van der Waals surface area contributed by atoms with E-state index in [1.165, 1.54) is 9.80 Å². The monoisotopic (exact) mass is 552 g/mol. The van der Waals surface area contributed by atoms with Gasteiger partial charge in [0, 0.05) is 6.54 Å². The van der Waals surface area contributed by atoms with Crippen LogP contribution in [0.25, 0.3) is 0 Å². The van der Waals surface area contributed by atoms with Gasteiger partial charge in [-0.2, -0.15) is 0 Å². The molecule has 3 unspecified atom stereocenters. The van der Waals surface area contributed by atoms with E-state index in [2.05, 4.69) is 6.58 Å². The van der Waals surface area contributed by atoms with Crippen molar-refractivity contribution in [1.82, 2.24) is 4.90 Å². The first kappa shape index (κ1) is 27.4. The van der Waals surface area contributed by atoms with Crippen LogP contribution >= 0.6 is 11.6 Å². The normalized spacial score (nSPS) is 31.7. The number of ether oxygens (including phenoxy) is 1. The van der Waals surface area contributed by atoms with Crippen LogP contribution in [-0.4, -0.2) is 69.3 Å². The van der Waals surface area contributed by atoms with Crippen molar-refractivity contribution in [3.8, 4) is 0 Å². The summed E-state index contributed by atoms with van der Waals surface area (Å²) in [6.45, 7) is 7.14. The van der Waals surface area contributed by atoms with Crippen molar-refractivity contribution in [2.45, 2.75) is 50.0 Å². The molecule has 3 aliphatic rings. The minimum absolute atomic E-state index is 0.111. The summed E-state index contributed by atoms with van der Waals surface area (Å²) in [6.07, 6.45) is 2.19. The highest BCUT2D eigenvalue weighted by Gasteiger charge is 2.80. The zero-order valence-corrected chi connectivity index (χ0v) is 22.8. The molecule has 0 saturated carbocycles. The number of nitrogens with zero attached hydrogens (tertiary/aromatic N) is 2. The highest BCUT2D eigenvalue weighted by atomic mass is 35.5. The standard InChI is InChI=1S/C30H33ClN2O6/c1-4-14-32(22-13-9-8-12-21(22)31)27(36)25-30-16-18(2)29(3,39-30)24(28(37)38)23(30)26(35)33(25)20(17-34)15-19-10-6-5-7-11-19/h4-13,18,20,23-25,34H,1,14-17H2,2-3H3,(H,37,38)/t18?,20-,23+,24+,25?,29-,30?/m1/s1. The zero-order valence-electron chi connectivity index (χ0n) is 22.0. The van der Waals surface area contributed by atoms with Gasteiger partial charge in [0.15, 0.2) is 0 Å². The van der Waals surface area contributed by atoms with Crippen LogP contribution < -0.4 is 4.90 Å². The number of carboxylic acid groups (broad SMARTS) is 1. The van der Waals surface area contributed by atoms with E-state index >= 15 is 0 Å². The Morgan fingerprint density at radius 2 is 1.90 bits per heavy atom. The third kappa shape index (κ3) is 4.08. The molecule has 3 fully saturated rings. The average Bonchev–Trinajstić information content (AvgIpc) is 3.43. The Morgan fingerprint density at radius 3 is 2.51 bits per heavy atom. The molecule has 3 saturated heterocycles. The number of para-hydroxylation sites is 1. The maximum absolute atomic E-state index is 14.6. The molecular formula is C30H33ClN2O6. The fraction of sp³-hybridized carbons (Fsp3) is 0.433. The molecule has 2 aromatic rings. The largest absolute Gasteiger partial charge is 0.481 e. The lowest BCUT2D eigenvalue weighted by Crippen LogP contribution is -2.59. The van der Waals surface area contributed by atoms with Crippen LogP contribution in [0.2, 0.25) is 5.02 Å². The van der Waals surface area contributed by atoms with Gasteiger partial charge in [0.05, 0.1) is 34.9 Å². The summed E-state index contributed by atoms with van der Waals surface area (Å²) in [5, 5.41) is 21.2. The van der Waals surface area contributed by atoms with Crippen molar-refractivity contribution in [3.05, 3.63) is 77.8 Å². The molecule has 206 valence electrons. The molecular weight excluding hydrogens is 520 g/mol. The molecule has 8 nitrogen and oxygen atoms in total. The number of aliphatic hydroxyl groups excluding tert-OH is 1. The Morgan fingerprint density at radius 1 is 1.23 bits per heavy atom. The van der Waals surface area contributed by atoms with Gasteiger partial charge in [-0.15, -0.1) is 6.58 Å². The van der Waals surface area contributed by atoms with E-state index in [1.54, 1.807) is 37.3 Å². The lowest BCUT2D eigenvalue weighted by atomic mass is 9.62. The molecule has 0 radical (unpaired) electrons. The SMILES string of the molecule is C=CCN(C(=O)C1N([C@@H](CO)Cc2ccccc2)C(=O)[C@@H]2[C@@H](C(=O)O)[C@]3(C)OC12CC3C)c1ccccc1Cl. The first-order valence-corrected chi connectivity index (χ1v) is 13.5. The van der Waals surface area contributed by atoms with Crippen molar-refractivity contribution in [2.75, 3.05) is 18.1 Å². The fourth-order valence-corrected chi connectivity index (χ4v) is 7.35. The fourth-order valence-electron chi connectivity index (χ4n) is 7.12. The topological polar surface area (TPSA) is 107 Å². The van der Waals surface area contributed by atoms with Gasteiger partial charge in [0.25, 0.3) is 5.91 Å². The van der Waals surface area contributed by atoms with Gasteiger partial charge in [0.1, 0.15) is 17.6 Å². The van der Waals surface area contributed by atoms with Gasteiger partial charge < -0.3 is 24.7 Å². The third-order valence-electron chi connectivity index (χ3n) is 8.89. The number of fused-ring (bicyclic) bond motifs is 1. The Hall–Kier alpha value is -3.20. The minimum Gasteiger partial charge on any atom is -0.481 e. The summed E-state index contributed by atoms with van der Waals surface area (Å²) in [5.74, 6) is -4.47. The molecule has 39 heavy (non-hydrogen) atoms. The van der Waals surface area contributed by atoms with Crippen molar-refractivity contribution < 1.29 is 29.3 Å². The predicted octanol–water partition coefficient (Wildman–Crippen LogP) is 3.56. The summed E-state index contributed by atoms with van der Waals surface area (Å²) in [5.41, 5.74) is -1.16. The van der Waals surface area contributed by atoms with Crippen LogP contribution in [0, 0.1) is 17.8 Å². The highest BCUT2D eigenvalue weighted by Crippen LogP contribution is 2.65. The van der Waals surface area contributed by atoms with E-state index in [-0.39, 0.29) is 18.9 Å². The zero-order chi connectivity index (χ0) is 28.1. The van der Waals surface area contributed by atoms with Crippen molar-refractivity contribution >= 4 is 35.1 Å². The summed E-state index contributed by atoms with van der Waals surface area (Å²) in [4.78, 5) is 44.4. The summed E-state index contributed by atoms with van der Waals surface area (Å²) in [6, 6.07) is 14.3. The van der Waals surface area contributed by atoms with Gasteiger partial charge in [-0.05, 0) is 43.4 Å². The smallest absolute Gasteiger partial charge is 0.310 e. The first-order valence-electron chi connectivity index (χ1n) is 13.2. The molecule has 3 heterocycles. The van der Waals surface area contributed by atoms with Gasteiger partial charge >= 0.3 is 5.97 Å². The molecule has 0 aromatic heterocycles. The molecule has 0 aliphatic carbocycles. The van der Waals surface area contributed by atoms with Gasteiger partial charge in [-0.25, -0.2) is 0 Å². The van der Waals surface area contributed by atoms with E-state index in [0.717, 1.165) is 5.56 Å². The van der Waals surface area contributed by atoms with Gasteiger partial charge in [-0.3, -0.25) is 14.4 Å². The summed E-state index contributed by atoms with van der Waals surface area (Å²) >= 11 is 6.51. The average molecular weight is 553 g/mol. The number of carboxylic acids is 1. The Kier molecular flexibility index (Phi) is 7.07. The molecule has 9 heteroatoms. The van der Waals surface area contributed by atoms with Crippen LogP contribution in [0.15, 0.2) is 67.3 Å². The van der Waals surface area contributed by atoms with E-state index < -0.39 is 59.5 Å². The molecule has 1 spiro atoms. The molecule has 3 aliphatic heterocycles. The number of halogens is 1. The van der Waals surface area contributed by atoms with Crippen LogP contribution in [-0.2, 0) is 25.5 Å². The summed E-state index contributed by atoms with van der Waals surface area (Å²) in [7, 11) is 0. The van der Waals surface area contributed by atoms with E-state index in [0.29, 0.717) is 17.1 Å². The lowest BCUT2D eigenvalue weighted by Gasteiger charge is -2.39. The van der Waals surface area contributed by atoms with Crippen LogP contribution in [0.3, 0.4) is 0 Å². The maximum Gasteiger partial charge on any atom is 0.310 e. The lowest BCUT2D eigenvalue weighted by molar-refractivity contribution is -0.157. The Balaban J connectivity index is 1.66. The molecule has 5 rings (SSSR count). The quantitative estimate of drug-likeness (QED) is 0.461. The number of hydrogen-bond acceptors (Lipinski definition) is 5. The maximum atomic E-state index is 14.6. The van der Waals surface area contributed by atoms with Crippen molar-refractivity contribution in [2.24, 2.45) is 17.8 Å². The number of amides is 2. The number of aliphatic carboxylic acids is 1. The second-order valence-corrected chi connectivity index (χ2v) is 11.4. The van der Waals surface area contributed by atoms with Gasteiger partial charge in [-0.1, -0.05) is 67.1 Å². The van der Waals surface area contributed by atoms with E-state index in [9.17, 15) is 24.6 Å². The third-order valence-corrected chi connectivity index (χ3v) is 9.21. The number of aliphatic hydroxyl groups is 1. The van der Waals surface area contributed by atoms with Crippen LogP contribution in [0.5, 0.6) is 0 Å². The van der Waals surface area contributed by atoms with Crippen LogP contribution in [0.1, 0.15) is 25.8 Å². The van der Waals surface area contributed by atoms with Crippen LogP contribution in [0.4, 0.5) is 5.69 Å².